The average Bonchev–Trinajstić information content (AvgIpc) is 2.55. The minimum atomic E-state index is 0.106. The Bertz CT molecular complexity index is 477. The van der Waals surface area contributed by atoms with Gasteiger partial charge in [-0.15, -0.1) is 0 Å². The van der Waals surface area contributed by atoms with Crippen LogP contribution in [0.25, 0.3) is 0 Å². The molecule has 128 valence electrons. The maximum atomic E-state index is 12.2. The van der Waals surface area contributed by atoms with Crippen molar-refractivity contribution in [3.63, 3.8) is 0 Å². The molecule has 0 aliphatic carbocycles. The minimum absolute atomic E-state index is 0.106. The second-order valence-electron chi connectivity index (χ2n) is 5.17. The van der Waals surface area contributed by atoms with E-state index in [0.29, 0.717) is 38.6 Å². The van der Waals surface area contributed by atoms with Crippen molar-refractivity contribution >= 4 is 11.9 Å². The fourth-order valence-corrected chi connectivity index (χ4v) is 2.01. The lowest BCUT2D eigenvalue weighted by atomic mass is 10.2. The first kappa shape index (κ1) is 19.0. The highest BCUT2D eigenvalue weighted by Crippen LogP contribution is 2.03. The van der Waals surface area contributed by atoms with Crippen LogP contribution in [-0.4, -0.2) is 57.2 Å². The Morgan fingerprint density at radius 3 is 2.65 bits per heavy atom. The molecule has 0 heterocycles. The molecule has 1 amide bonds. The number of aliphatic imine (C=N–C) groups is 1. The molecule has 0 saturated heterocycles. The number of carbonyl (C=O) groups is 1. The Balaban J connectivity index is 2.34. The number of amides is 1. The number of nitrogens with one attached hydrogen (secondary N) is 2. The summed E-state index contributed by atoms with van der Waals surface area (Å²) in [5.41, 5.74) is 1.13. The zero-order valence-corrected chi connectivity index (χ0v) is 14.3. The highest BCUT2D eigenvalue weighted by Gasteiger charge is 2.09. The van der Waals surface area contributed by atoms with E-state index in [9.17, 15) is 4.79 Å². The molecule has 0 radical (unpaired) electrons. The molecule has 23 heavy (non-hydrogen) atoms. The van der Waals surface area contributed by atoms with Crippen LogP contribution < -0.4 is 10.6 Å². The molecule has 0 aromatic heterocycles. The second kappa shape index (κ2) is 11.5. The zero-order chi connectivity index (χ0) is 16.9. The maximum absolute atomic E-state index is 12.2. The van der Waals surface area contributed by atoms with Crippen molar-refractivity contribution in [2.24, 2.45) is 4.99 Å². The van der Waals surface area contributed by atoms with Gasteiger partial charge >= 0.3 is 0 Å². The van der Waals surface area contributed by atoms with Crippen molar-refractivity contribution in [3.05, 3.63) is 35.9 Å². The normalized spacial score (nSPS) is 11.2. The van der Waals surface area contributed by atoms with Gasteiger partial charge in [0.05, 0.1) is 13.2 Å². The first-order chi connectivity index (χ1) is 11.2. The molecular formula is C17H28N4O2. The van der Waals surface area contributed by atoms with Crippen LogP contribution in [0.2, 0.25) is 0 Å². The van der Waals surface area contributed by atoms with Gasteiger partial charge in [0, 0.05) is 40.2 Å². The maximum Gasteiger partial charge on any atom is 0.224 e. The van der Waals surface area contributed by atoms with E-state index in [1.54, 1.807) is 12.0 Å². The molecule has 0 bridgehead atoms. The van der Waals surface area contributed by atoms with Crippen LogP contribution in [-0.2, 0) is 16.1 Å². The fourth-order valence-electron chi connectivity index (χ4n) is 2.01. The third kappa shape index (κ3) is 8.21. The molecule has 2 N–H and O–H groups in total. The summed E-state index contributed by atoms with van der Waals surface area (Å²) in [6.45, 7) is 5.13. The molecule has 1 aromatic rings. The number of nitrogens with zero attached hydrogens (tertiary/aromatic N) is 2. The monoisotopic (exact) mass is 320 g/mol. The molecule has 1 aromatic carbocycles. The summed E-state index contributed by atoms with van der Waals surface area (Å²) in [6.07, 6.45) is 0.429. The first-order valence-electron chi connectivity index (χ1n) is 7.96. The van der Waals surface area contributed by atoms with Gasteiger partial charge < -0.3 is 20.3 Å². The molecule has 0 aliphatic rings. The molecule has 0 unspecified atom stereocenters. The van der Waals surface area contributed by atoms with Gasteiger partial charge in [0.2, 0.25) is 5.91 Å². The third-order valence-corrected chi connectivity index (χ3v) is 3.23. The first-order valence-corrected chi connectivity index (χ1v) is 7.96. The highest BCUT2D eigenvalue weighted by atomic mass is 16.5. The van der Waals surface area contributed by atoms with Crippen LogP contribution in [0.15, 0.2) is 35.3 Å². The van der Waals surface area contributed by atoms with Gasteiger partial charge in [0.15, 0.2) is 5.96 Å². The predicted molar refractivity (Wildman–Crippen MR) is 93.4 cm³/mol. The smallest absolute Gasteiger partial charge is 0.224 e. The van der Waals surface area contributed by atoms with E-state index in [0.717, 1.165) is 12.1 Å². The van der Waals surface area contributed by atoms with Crippen LogP contribution in [0, 0.1) is 0 Å². The van der Waals surface area contributed by atoms with Crippen LogP contribution >= 0.6 is 0 Å². The number of rotatable bonds is 9. The number of hydrogen-bond acceptors (Lipinski definition) is 3. The van der Waals surface area contributed by atoms with Gasteiger partial charge in [-0.1, -0.05) is 30.3 Å². The summed E-state index contributed by atoms with van der Waals surface area (Å²) in [5, 5.41) is 6.31. The van der Waals surface area contributed by atoms with E-state index in [4.69, 9.17) is 4.74 Å². The summed E-state index contributed by atoms with van der Waals surface area (Å²) in [4.78, 5) is 18.3. The molecule has 6 heteroatoms. The van der Waals surface area contributed by atoms with Crippen LogP contribution in [0.1, 0.15) is 18.9 Å². The van der Waals surface area contributed by atoms with Gasteiger partial charge in [-0.2, -0.15) is 0 Å². The standard InChI is InChI=1S/C17H28N4O2/c1-4-18-17(20-12-13-23-3)19-11-10-16(22)21(2)14-15-8-6-5-7-9-15/h5-9H,4,10-14H2,1-3H3,(H2,18,19,20). The summed E-state index contributed by atoms with van der Waals surface area (Å²) < 4.78 is 4.98. The van der Waals surface area contributed by atoms with E-state index in [1.165, 1.54) is 0 Å². The van der Waals surface area contributed by atoms with Gasteiger partial charge in [-0.25, -0.2) is 0 Å². The van der Waals surface area contributed by atoms with Crippen molar-refractivity contribution in [1.29, 1.82) is 0 Å². The van der Waals surface area contributed by atoms with E-state index in [2.05, 4.69) is 15.6 Å². The van der Waals surface area contributed by atoms with E-state index in [1.807, 2.05) is 44.3 Å². The van der Waals surface area contributed by atoms with Gasteiger partial charge in [-0.3, -0.25) is 9.79 Å². The van der Waals surface area contributed by atoms with Crippen LogP contribution in [0.5, 0.6) is 0 Å². The van der Waals surface area contributed by atoms with E-state index in [-0.39, 0.29) is 5.91 Å². The van der Waals surface area contributed by atoms with Crippen molar-refractivity contribution in [1.82, 2.24) is 15.5 Å². The van der Waals surface area contributed by atoms with Gasteiger partial charge in [0.1, 0.15) is 0 Å². The lowest BCUT2D eigenvalue weighted by Crippen LogP contribution is -2.39. The van der Waals surface area contributed by atoms with Crippen LogP contribution in [0.4, 0.5) is 0 Å². The number of benzene rings is 1. The summed E-state index contributed by atoms with van der Waals surface area (Å²) in [5.74, 6) is 0.817. The number of guanidine groups is 1. The predicted octanol–water partition coefficient (Wildman–Crippen LogP) is 1.24. The second-order valence-corrected chi connectivity index (χ2v) is 5.17. The summed E-state index contributed by atoms with van der Waals surface area (Å²) in [6, 6.07) is 9.98. The Hall–Kier alpha value is -2.08. The fraction of sp³-hybridized carbons (Fsp3) is 0.529. The number of carbonyl (C=O) groups excluding carboxylic acids is 1. The van der Waals surface area contributed by atoms with Gasteiger partial charge in [0.25, 0.3) is 0 Å². The van der Waals surface area contributed by atoms with Gasteiger partial charge in [-0.05, 0) is 12.5 Å². The SMILES string of the molecule is CCNC(=NCCOC)NCCC(=O)N(C)Cc1ccccc1. The van der Waals surface area contributed by atoms with Crippen molar-refractivity contribution in [2.45, 2.75) is 19.9 Å². The molecule has 0 fully saturated rings. The highest BCUT2D eigenvalue weighted by molar-refractivity contribution is 5.81. The number of methoxy groups -OCH3 is 1. The molecule has 1 rings (SSSR count). The largest absolute Gasteiger partial charge is 0.383 e. The Labute approximate surface area is 138 Å². The minimum Gasteiger partial charge on any atom is -0.383 e. The number of ether oxygens (including phenoxy) is 1. The quantitative estimate of drug-likeness (QED) is 0.408. The molecule has 0 aliphatic heterocycles. The Morgan fingerprint density at radius 1 is 1.26 bits per heavy atom. The summed E-state index contributed by atoms with van der Waals surface area (Å²) in [7, 11) is 3.48. The number of hydrogen-bond donors (Lipinski definition) is 2. The lowest BCUT2D eigenvalue weighted by molar-refractivity contribution is -0.130. The van der Waals surface area contributed by atoms with E-state index < -0.39 is 0 Å². The van der Waals surface area contributed by atoms with Crippen molar-refractivity contribution in [3.8, 4) is 0 Å². The zero-order valence-electron chi connectivity index (χ0n) is 14.3. The van der Waals surface area contributed by atoms with Crippen molar-refractivity contribution < 1.29 is 9.53 Å². The van der Waals surface area contributed by atoms with Crippen LogP contribution in [0.3, 0.4) is 0 Å². The average molecular weight is 320 g/mol. The van der Waals surface area contributed by atoms with Crippen molar-refractivity contribution in [2.75, 3.05) is 40.4 Å². The Kier molecular flexibility index (Phi) is 9.47. The molecule has 6 nitrogen and oxygen atoms in total. The Morgan fingerprint density at radius 2 is 2.00 bits per heavy atom. The summed E-state index contributed by atoms with van der Waals surface area (Å²) >= 11 is 0. The lowest BCUT2D eigenvalue weighted by Gasteiger charge is -2.18. The topological polar surface area (TPSA) is 66.0 Å². The molecular weight excluding hydrogens is 292 g/mol. The third-order valence-electron chi connectivity index (χ3n) is 3.23. The molecule has 0 atom stereocenters. The molecule has 0 spiro atoms. The molecule has 0 saturated carbocycles. The van der Waals surface area contributed by atoms with E-state index >= 15 is 0 Å².